The molecule has 2 aromatic carbocycles. The molecular weight excluding hydrogens is 411 g/mol. The number of hydrogen-bond acceptors (Lipinski definition) is 4. The lowest BCUT2D eigenvalue weighted by Crippen LogP contribution is -2.45. The van der Waals surface area contributed by atoms with Crippen molar-refractivity contribution in [3.8, 4) is 5.75 Å². The van der Waals surface area contributed by atoms with Gasteiger partial charge in [0.05, 0.1) is 24.7 Å². The second-order valence-corrected chi connectivity index (χ2v) is 8.71. The van der Waals surface area contributed by atoms with Crippen LogP contribution in [0, 0.1) is 6.92 Å². The first-order valence-corrected chi connectivity index (χ1v) is 10.5. The molecule has 0 aromatic heterocycles. The van der Waals surface area contributed by atoms with Gasteiger partial charge in [0.15, 0.2) is 0 Å². The number of aryl methyl sites for hydroxylation is 1. The average molecular weight is 431 g/mol. The Morgan fingerprint density at radius 1 is 1.19 bits per heavy atom. The molecule has 2 aromatic rings. The Hall–Kier alpha value is -1.96. The maximum absolute atomic E-state index is 12.8. The van der Waals surface area contributed by atoms with Gasteiger partial charge in [-0.25, -0.2) is 8.42 Å². The molecule has 0 spiro atoms. The number of sulfonamides is 1. The Kier molecular flexibility index (Phi) is 6.62. The number of halogens is 2. The highest BCUT2D eigenvalue weighted by atomic mass is 35.5. The number of anilines is 2. The van der Waals surface area contributed by atoms with Gasteiger partial charge in [-0.05, 0) is 49.7 Å². The SMILES string of the molecule is COc1ccc(Cl)cc1NC(=O)[C@H](C)N(c1ccc(C)c(Cl)c1)S(C)(=O)=O. The van der Waals surface area contributed by atoms with Gasteiger partial charge in [-0.2, -0.15) is 0 Å². The van der Waals surface area contributed by atoms with E-state index < -0.39 is 22.0 Å². The van der Waals surface area contributed by atoms with Gasteiger partial charge in [-0.1, -0.05) is 29.3 Å². The second kappa shape index (κ2) is 8.37. The van der Waals surface area contributed by atoms with Crippen LogP contribution in [-0.2, 0) is 14.8 Å². The molecule has 0 unspecified atom stereocenters. The highest BCUT2D eigenvalue weighted by molar-refractivity contribution is 7.92. The summed E-state index contributed by atoms with van der Waals surface area (Å²) in [5.41, 5.74) is 1.45. The van der Waals surface area contributed by atoms with Crippen molar-refractivity contribution < 1.29 is 17.9 Å². The van der Waals surface area contributed by atoms with E-state index in [-0.39, 0.29) is 0 Å². The fourth-order valence-corrected chi connectivity index (χ4v) is 4.06. The van der Waals surface area contributed by atoms with Crippen LogP contribution >= 0.6 is 23.2 Å². The van der Waals surface area contributed by atoms with Crippen molar-refractivity contribution in [3.05, 3.63) is 52.0 Å². The molecule has 0 saturated carbocycles. The van der Waals surface area contributed by atoms with Crippen molar-refractivity contribution in [2.75, 3.05) is 23.0 Å². The van der Waals surface area contributed by atoms with Gasteiger partial charge in [0.1, 0.15) is 11.8 Å². The Labute approximate surface area is 169 Å². The Balaban J connectivity index is 2.38. The average Bonchev–Trinajstić information content (AvgIpc) is 2.57. The molecule has 1 amide bonds. The lowest BCUT2D eigenvalue weighted by molar-refractivity contribution is -0.116. The van der Waals surface area contributed by atoms with E-state index in [1.54, 1.807) is 31.2 Å². The normalized spacial score (nSPS) is 12.4. The topological polar surface area (TPSA) is 75.7 Å². The zero-order chi connectivity index (χ0) is 20.4. The zero-order valence-corrected chi connectivity index (χ0v) is 17.6. The Morgan fingerprint density at radius 3 is 2.41 bits per heavy atom. The van der Waals surface area contributed by atoms with Crippen molar-refractivity contribution in [2.24, 2.45) is 0 Å². The summed E-state index contributed by atoms with van der Waals surface area (Å²) < 4.78 is 30.9. The number of carbonyl (C=O) groups excluding carboxylic acids is 1. The summed E-state index contributed by atoms with van der Waals surface area (Å²) in [6, 6.07) is 8.53. The van der Waals surface area contributed by atoms with Gasteiger partial charge in [0, 0.05) is 10.0 Å². The minimum absolute atomic E-state index is 0.300. The smallest absolute Gasteiger partial charge is 0.248 e. The molecule has 0 saturated heterocycles. The number of carbonyl (C=O) groups is 1. The number of benzene rings is 2. The van der Waals surface area contributed by atoms with Gasteiger partial charge < -0.3 is 10.1 Å². The third kappa shape index (κ3) is 5.06. The number of ether oxygens (including phenoxy) is 1. The third-order valence-electron chi connectivity index (χ3n) is 3.92. The van der Waals surface area contributed by atoms with E-state index in [1.165, 1.54) is 26.2 Å². The molecule has 1 N–H and O–H groups in total. The van der Waals surface area contributed by atoms with E-state index in [0.717, 1.165) is 16.1 Å². The number of nitrogens with one attached hydrogen (secondary N) is 1. The van der Waals surface area contributed by atoms with Crippen molar-refractivity contribution in [2.45, 2.75) is 19.9 Å². The zero-order valence-electron chi connectivity index (χ0n) is 15.3. The van der Waals surface area contributed by atoms with Crippen LogP contribution in [0.2, 0.25) is 10.0 Å². The standard InChI is InChI=1S/C18H20Cl2N2O4S/c1-11-5-7-14(10-15(11)20)22(27(4,24)25)12(2)18(23)21-16-9-13(19)6-8-17(16)26-3/h5-10,12H,1-4H3,(H,21,23)/t12-/m0/s1. The summed E-state index contributed by atoms with van der Waals surface area (Å²) in [5.74, 6) is -0.137. The van der Waals surface area contributed by atoms with Crippen LogP contribution in [0.15, 0.2) is 36.4 Å². The fraction of sp³-hybridized carbons (Fsp3) is 0.278. The van der Waals surface area contributed by atoms with Crippen LogP contribution in [0.25, 0.3) is 0 Å². The van der Waals surface area contributed by atoms with E-state index in [9.17, 15) is 13.2 Å². The summed E-state index contributed by atoms with van der Waals surface area (Å²) in [4.78, 5) is 12.8. The largest absolute Gasteiger partial charge is 0.495 e. The molecule has 1 atom stereocenters. The number of hydrogen-bond donors (Lipinski definition) is 1. The predicted octanol–water partition coefficient (Wildman–Crippen LogP) is 4.10. The summed E-state index contributed by atoms with van der Waals surface area (Å²) in [6.07, 6.45) is 1.03. The summed E-state index contributed by atoms with van der Waals surface area (Å²) in [6.45, 7) is 3.29. The quantitative estimate of drug-likeness (QED) is 0.747. The van der Waals surface area contributed by atoms with Crippen LogP contribution < -0.4 is 14.4 Å². The van der Waals surface area contributed by atoms with E-state index in [4.69, 9.17) is 27.9 Å². The molecular formula is C18H20Cl2N2O4S. The lowest BCUT2D eigenvalue weighted by atomic mass is 10.2. The van der Waals surface area contributed by atoms with Gasteiger partial charge in [-0.15, -0.1) is 0 Å². The number of rotatable bonds is 6. The molecule has 0 fully saturated rings. The molecule has 0 bridgehead atoms. The number of methoxy groups -OCH3 is 1. The summed E-state index contributed by atoms with van der Waals surface area (Å²) in [7, 11) is -2.29. The van der Waals surface area contributed by atoms with Gasteiger partial charge in [-0.3, -0.25) is 9.10 Å². The van der Waals surface area contributed by atoms with E-state index >= 15 is 0 Å². The Morgan fingerprint density at radius 2 is 1.85 bits per heavy atom. The van der Waals surface area contributed by atoms with Crippen LogP contribution in [-0.4, -0.2) is 33.7 Å². The van der Waals surface area contributed by atoms with E-state index in [2.05, 4.69) is 5.32 Å². The maximum Gasteiger partial charge on any atom is 0.248 e. The van der Waals surface area contributed by atoms with Crippen LogP contribution in [0.3, 0.4) is 0 Å². The predicted molar refractivity (Wildman–Crippen MR) is 110 cm³/mol. The molecule has 0 heterocycles. The van der Waals surface area contributed by atoms with Crippen molar-refractivity contribution in [3.63, 3.8) is 0 Å². The first-order chi connectivity index (χ1) is 12.5. The van der Waals surface area contributed by atoms with E-state index in [0.29, 0.717) is 27.2 Å². The minimum Gasteiger partial charge on any atom is -0.495 e. The summed E-state index contributed by atoms with van der Waals surface area (Å²) >= 11 is 12.1. The van der Waals surface area contributed by atoms with Crippen molar-refractivity contribution in [1.82, 2.24) is 0 Å². The number of amides is 1. The second-order valence-electron chi connectivity index (χ2n) is 6.00. The monoisotopic (exact) mass is 430 g/mol. The Bertz CT molecular complexity index is 964. The fourth-order valence-electron chi connectivity index (χ4n) is 2.54. The first kappa shape index (κ1) is 21.3. The highest BCUT2D eigenvalue weighted by Crippen LogP contribution is 2.30. The van der Waals surface area contributed by atoms with E-state index in [1.807, 2.05) is 0 Å². The van der Waals surface area contributed by atoms with Crippen LogP contribution in [0.4, 0.5) is 11.4 Å². The van der Waals surface area contributed by atoms with Gasteiger partial charge in [0.25, 0.3) is 0 Å². The lowest BCUT2D eigenvalue weighted by Gasteiger charge is -2.28. The summed E-state index contributed by atoms with van der Waals surface area (Å²) in [5, 5.41) is 3.48. The molecule has 2 rings (SSSR count). The molecule has 9 heteroatoms. The van der Waals surface area contributed by atoms with Crippen molar-refractivity contribution in [1.29, 1.82) is 0 Å². The van der Waals surface area contributed by atoms with Crippen molar-refractivity contribution >= 4 is 50.5 Å². The molecule has 6 nitrogen and oxygen atoms in total. The maximum atomic E-state index is 12.8. The number of nitrogens with zero attached hydrogens (tertiary/aromatic N) is 1. The molecule has 146 valence electrons. The molecule has 27 heavy (non-hydrogen) atoms. The van der Waals surface area contributed by atoms with Gasteiger partial charge >= 0.3 is 0 Å². The van der Waals surface area contributed by atoms with Gasteiger partial charge in [0.2, 0.25) is 15.9 Å². The molecule has 0 aliphatic carbocycles. The third-order valence-corrected chi connectivity index (χ3v) is 5.80. The first-order valence-electron chi connectivity index (χ1n) is 7.94. The molecule has 0 radical (unpaired) electrons. The molecule has 0 aliphatic rings. The minimum atomic E-state index is -3.75. The highest BCUT2D eigenvalue weighted by Gasteiger charge is 2.30. The van der Waals surface area contributed by atoms with Crippen LogP contribution in [0.1, 0.15) is 12.5 Å². The molecule has 0 aliphatic heterocycles. The van der Waals surface area contributed by atoms with Crippen LogP contribution in [0.5, 0.6) is 5.75 Å².